The monoisotopic (exact) mass is 436 g/mol. The van der Waals surface area contributed by atoms with Crippen LogP contribution in [0.5, 0.6) is 11.5 Å². The molecule has 2 aliphatic rings. The molecule has 2 bridgehead atoms. The van der Waals surface area contributed by atoms with Crippen molar-refractivity contribution in [3.05, 3.63) is 65.1 Å². The Hall–Kier alpha value is -3.45. The van der Waals surface area contributed by atoms with E-state index in [1.807, 2.05) is 24.3 Å². The van der Waals surface area contributed by atoms with Crippen molar-refractivity contribution in [2.75, 3.05) is 25.6 Å². The molecular formula is C23H21ClN4O3. The molecule has 0 saturated carbocycles. The lowest BCUT2D eigenvalue weighted by atomic mass is 9.93. The number of hydrogen-bond donors (Lipinski definition) is 3. The van der Waals surface area contributed by atoms with Gasteiger partial charge >= 0.3 is 0 Å². The first-order chi connectivity index (χ1) is 15.2. The highest BCUT2D eigenvalue weighted by atomic mass is 35.5. The average molecular weight is 437 g/mol. The summed E-state index contributed by atoms with van der Waals surface area (Å²) < 4.78 is 11.5. The van der Waals surface area contributed by atoms with Crippen LogP contribution in [0.4, 0.5) is 11.4 Å². The minimum atomic E-state index is -0.130. The summed E-state index contributed by atoms with van der Waals surface area (Å²) in [5, 5.41) is 6.91. The van der Waals surface area contributed by atoms with Crippen molar-refractivity contribution in [2.24, 2.45) is 0 Å². The Morgan fingerprint density at radius 3 is 3.06 bits per heavy atom. The van der Waals surface area contributed by atoms with E-state index in [0.29, 0.717) is 46.6 Å². The number of aromatic nitrogens is 2. The Bertz CT molecular complexity index is 1190. The zero-order chi connectivity index (χ0) is 21.4. The van der Waals surface area contributed by atoms with E-state index in [2.05, 4.69) is 26.7 Å². The number of nitrogens with one attached hydrogen (secondary N) is 3. The largest absolute Gasteiger partial charge is 0.493 e. The number of rotatable bonds is 3. The summed E-state index contributed by atoms with van der Waals surface area (Å²) in [6, 6.07) is 7.33. The third-order valence-electron chi connectivity index (χ3n) is 5.58. The second kappa shape index (κ2) is 8.00. The number of aromatic amines is 1. The van der Waals surface area contributed by atoms with Crippen molar-refractivity contribution < 1.29 is 14.3 Å². The summed E-state index contributed by atoms with van der Waals surface area (Å²) in [5.74, 6) is 1.14. The molecule has 0 radical (unpaired) electrons. The molecule has 8 heteroatoms. The van der Waals surface area contributed by atoms with Crippen LogP contribution < -0.4 is 20.1 Å². The van der Waals surface area contributed by atoms with Gasteiger partial charge in [-0.25, -0.2) is 0 Å². The zero-order valence-corrected chi connectivity index (χ0v) is 17.6. The van der Waals surface area contributed by atoms with E-state index in [-0.39, 0.29) is 11.8 Å². The van der Waals surface area contributed by atoms with E-state index >= 15 is 0 Å². The molecule has 1 atom stereocenters. The number of hydrogen-bond acceptors (Lipinski definition) is 5. The Balaban J connectivity index is 1.75. The lowest BCUT2D eigenvalue weighted by molar-refractivity contribution is 0.0941. The smallest absolute Gasteiger partial charge is 0.255 e. The van der Waals surface area contributed by atoms with Gasteiger partial charge in [-0.3, -0.25) is 9.78 Å². The van der Waals surface area contributed by atoms with Crippen molar-refractivity contribution in [3.8, 4) is 22.8 Å². The number of anilines is 2. The van der Waals surface area contributed by atoms with Crippen LogP contribution in [-0.2, 0) is 0 Å². The Morgan fingerprint density at radius 1 is 1.29 bits per heavy atom. The summed E-state index contributed by atoms with van der Waals surface area (Å²) in [4.78, 5) is 20.7. The number of H-pyrrole nitrogens is 1. The summed E-state index contributed by atoms with van der Waals surface area (Å²) in [5.41, 5.74) is 4.37. The van der Waals surface area contributed by atoms with Gasteiger partial charge in [0.05, 0.1) is 41.0 Å². The molecule has 4 heterocycles. The highest BCUT2D eigenvalue weighted by Gasteiger charge is 2.33. The zero-order valence-electron chi connectivity index (χ0n) is 16.9. The van der Waals surface area contributed by atoms with E-state index in [9.17, 15) is 4.79 Å². The maximum absolute atomic E-state index is 13.0. The molecule has 0 aliphatic carbocycles. The Labute approximate surface area is 184 Å². The topological polar surface area (TPSA) is 88.3 Å². The maximum atomic E-state index is 13.0. The number of carbonyl (C=O) groups is 1. The molecule has 0 spiro atoms. The molecule has 0 saturated heterocycles. The normalized spacial score (nSPS) is 18.1. The predicted molar refractivity (Wildman–Crippen MR) is 120 cm³/mol. The highest BCUT2D eigenvalue weighted by Crippen LogP contribution is 2.45. The molecule has 3 aromatic rings. The second-order valence-corrected chi connectivity index (χ2v) is 7.81. The van der Waals surface area contributed by atoms with Gasteiger partial charge in [0.1, 0.15) is 12.4 Å². The number of ether oxygens (including phenoxy) is 2. The van der Waals surface area contributed by atoms with E-state index in [1.165, 1.54) is 0 Å². The number of nitrogens with zero attached hydrogens (tertiary/aromatic N) is 1. The fourth-order valence-electron chi connectivity index (χ4n) is 4.11. The number of halogens is 1. The standard InChI is InChI=1S/C23H21ClN4O3/c1-30-22-15(24)6-4-7-16(22)27-21-18-19-13(11-26-23(18)29)5-2-3-10-31-17-12-25-9-8-14(17)20(21)28-19/h2-4,6-9,12-13,27-28H,5,10-11H2,1H3,(H,26,29)/b3-2-. The van der Waals surface area contributed by atoms with Gasteiger partial charge in [-0.05, 0) is 24.6 Å². The van der Waals surface area contributed by atoms with Crippen molar-refractivity contribution >= 4 is 28.9 Å². The average Bonchev–Trinajstić information content (AvgIpc) is 3.13. The van der Waals surface area contributed by atoms with Gasteiger partial charge in [-0.2, -0.15) is 0 Å². The van der Waals surface area contributed by atoms with Crippen molar-refractivity contribution in [1.82, 2.24) is 15.3 Å². The quantitative estimate of drug-likeness (QED) is 0.520. The first kappa shape index (κ1) is 19.5. The van der Waals surface area contributed by atoms with Gasteiger partial charge in [0, 0.05) is 29.9 Å². The van der Waals surface area contributed by atoms with E-state index in [4.69, 9.17) is 21.1 Å². The molecule has 2 aliphatic heterocycles. The molecule has 1 amide bonds. The third kappa shape index (κ3) is 3.41. The van der Waals surface area contributed by atoms with Crippen LogP contribution in [0.1, 0.15) is 28.4 Å². The molecule has 31 heavy (non-hydrogen) atoms. The summed E-state index contributed by atoms with van der Waals surface area (Å²) in [6.07, 6.45) is 8.25. The van der Waals surface area contributed by atoms with Gasteiger partial charge in [0.2, 0.25) is 0 Å². The molecule has 3 N–H and O–H groups in total. The molecular weight excluding hydrogens is 416 g/mol. The molecule has 0 fully saturated rings. The fraction of sp³-hybridized carbons (Fsp3) is 0.217. The van der Waals surface area contributed by atoms with E-state index in [0.717, 1.165) is 23.4 Å². The lowest BCUT2D eigenvalue weighted by Gasteiger charge is -2.23. The highest BCUT2D eigenvalue weighted by molar-refractivity contribution is 6.32. The molecule has 1 unspecified atom stereocenters. The number of para-hydroxylation sites is 1. The van der Waals surface area contributed by atoms with Gasteiger partial charge in [-0.1, -0.05) is 29.8 Å². The minimum absolute atomic E-state index is 0.128. The number of amides is 1. The van der Waals surface area contributed by atoms with E-state index in [1.54, 1.807) is 25.6 Å². The summed E-state index contributed by atoms with van der Waals surface area (Å²) in [6.45, 7) is 1.02. The van der Waals surface area contributed by atoms with Gasteiger partial charge in [0.25, 0.3) is 5.91 Å². The van der Waals surface area contributed by atoms with Crippen LogP contribution in [0.25, 0.3) is 11.3 Å². The maximum Gasteiger partial charge on any atom is 0.255 e. The van der Waals surface area contributed by atoms with Gasteiger partial charge in [-0.15, -0.1) is 0 Å². The number of carbonyl (C=O) groups excluding carboxylic acids is 1. The number of fused-ring (bicyclic) bond motifs is 3. The fourth-order valence-corrected chi connectivity index (χ4v) is 4.36. The molecule has 158 valence electrons. The van der Waals surface area contributed by atoms with Crippen LogP contribution in [0.2, 0.25) is 5.02 Å². The second-order valence-electron chi connectivity index (χ2n) is 7.41. The van der Waals surface area contributed by atoms with Crippen LogP contribution in [0.3, 0.4) is 0 Å². The Kier molecular flexibility index (Phi) is 5.03. The number of methoxy groups -OCH3 is 1. The molecule has 2 aromatic heterocycles. The van der Waals surface area contributed by atoms with Crippen molar-refractivity contribution in [3.63, 3.8) is 0 Å². The number of allylic oxidation sites excluding steroid dienone is 1. The first-order valence-corrected chi connectivity index (χ1v) is 10.4. The van der Waals surface area contributed by atoms with Crippen LogP contribution in [0, 0.1) is 0 Å². The molecule has 7 nitrogen and oxygen atoms in total. The Morgan fingerprint density at radius 2 is 2.19 bits per heavy atom. The molecule has 5 rings (SSSR count). The van der Waals surface area contributed by atoms with Crippen molar-refractivity contribution in [2.45, 2.75) is 12.3 Å². The van der Waals surface area contributed by atoms with Crippen LogP contribution in [-0.4, -0.2) is 36.1 Å². The van der Waals surface area contributed by atoms with E-state index < -0.39 is 0 Å². The first-order valence-electron chi connectivity index (χ1n) is 10.0. The summed E-state index contributed by atoms with van der Waals surface area (Å²) in [7, 11) is 1.57. The third-order valence-corrected chi connectivity index (χ3v) is 5.88. The van der Waals surface area contributed by atoms with Crippen LogP contribution in [0.15, 0.2) is 48.8 Å². The van der Waals surface area contributed by atoms with Crippen LogP contribution >= 0.6 is 11.6 Å². The predicted octanol–water partition coefficient (Wildman–Crippen LogP) is 4.65. The van der Waals surface area contributed by atoms with Gasteiger partial charge in [0.15, 0.2) is 5.75 Å². The minimum Gasteiger partial charge on any atom is -0.493 e. The lowest BCUT2D eigenvalue weighted by Crippen LogP contribution is -2.34. The SMILES string of the molecule is COc1c(Cl)cccc1Nc1c2[nH]c3c1C(=O)NCC3C/C=C\COc1cnccc1-2. The van der Waals surface area contributed by atoms with Gasteiger partial charge < -0.3 is 25.1 Å². The van der Waals surface area contributed by atoms with Crippen molar-refractivity contribution in [1.29, 1.82) is 0 Å². The number of benzene rings is 1. The number of pyridine rings is 1. The summed E-state index contributed by atoms with van der Waals surface area (Å²) >= 11 is 6.33. The molecule has 1 aromatic carbocycles.